The highest BCUT2D eigenvalue weighted by atomic mass is 35.5. The molecule has 0 radical (unpaired) electrons. The summed E-state index contributed by atoms with van der Waals surface area (Å²) in [5.74, 6) is 0.328. The number of methoxy groups -OCH3 is 2. The average molecular weight is 414 g/mol. The van der Waals surface area contributed by atoms with Crippen molar-refractivity contribution in [2.75, 3.05) is 14.2 Å². The minimum Gasteiger partial charge on any atom is -0.497 e. The number of carbonyl (C=O) groups is 1. The third-order valence-electron chi connectivity index (χ3n) is 4.53. The van der Waals surface area contributed by atoms with Crippen LogP contribution in [-0.2, 0) is 13.1 Å². The van der Waals surface area contributed by atoms with Crippen molar-refractivity contribution in [1.29, 1.82) is 0 Å². The van der Waals surface area contributed by atoms with Crippen LogP contribution in [-0.4, -0.2) is 25.0 Å². The normalized spacial score (nSPS) is 10.5. The Morgan fingerprint density at radius 3 is 1.76 bits per heavy atom. The van der Waals surface area contributed by atoms with Gasteiger partial charge in [0.2, 0.25) is 0 Å². The first-order valence-corrected chi connectivity index (χ1v) is 9.38. The van der Waals surface area contributed by atoms with Crippen molar-refractivity contribution < 1.29 is 18.7 Å². The first-order chi connectivity index (χ1) is 14.0. The minimum atomic E-state index is -0.642. The second-order valence-corrected chi connectivity index (χ2v) is 6.86. The zero-order valence-electron chi connectivity index (χ0n) is 16.2. The molecule has 0 heterocycles. The van der Waals surface area contributed by atoms with Gasteiger partial charge in [-0.2, -0.15) is 0 Å². The standard InChI is InChI=1S/C23H21ClFNO3/c1-28-18-10-6-16(7-11-18)14-26(15-17-8-12-19(29-2)13-9-17)23(27)22-20(24)4-3-5-21(22)25/h3-13H,14-15H2,1-2H3. The highest BCUT2D eigenvalue weighted by Gasteiger charge is 2.23. The van der Waals surface area contributed by atoms with Crippen molar-refractivity contribution in [3.63, 3.8) is 0 Å². The van der Waals surface area contributed by atoms with Gasteiger partial charge in [0, 0.05) is 13.1 Å². The fourth-order valence-electron chi connectivity index (χ4n) is 2.96. The molecule has 4 nitrogen and oxygen atoms in total. The lowest BCUT2D eigenvalue weighted by Crippen LogP contribution is -2.31. The van der Waals surface area contributed by atoms with Crippen molar-refractivity contribution in [1.82, 2.24) is 4.90 Å². The average Bonchev–Trinajstić information content (AvgIpc) is 2.74. The van der Waals surface area contributed by atoms with Gasteiger partial charge in [-0.05, 0) is 47.5 Å². The third kappa shape index (κ3) is 5.06. The number of amides is 1. The van der Waals surface area contributed by atoms with Crippen molar-refractivity contribution in [2.45, 2.75) is 13.1 Å². The number of carbonyl (C=O) groups excluding carboxylic acids is 1. The second kappa shape index (κ2) is 9.43. The van der Waals surface area contributed by atoms with Crippen molar-refractivity contribution in [3.8, 4) is 11.5 Å². The van der Waals surface area contributed by atoms with Crippen LogP contribution >= 0.6 is 11.6 Å². The molecule has 0 fully saturated rings. The summed E-state index contributed by atoms with van der Waals surface area (Å²) in [6.45, 7) is 0.582. The molecule has 0 spiro atoms. The number of ether oxygens (including phenoxy) is 2. The number of halogens is 2. The van der Waals surface area contributed by atoms with Gasteiger partial charge in [-0.15, -0.1) is 0 Å². The highest BCUT2D eigenvalue weighted by molar-refractivity contribution is 6.33. The lowest BCUT2D eigenvalue weighted by atomic mass is 10.1. The monoisotopic (exact) mass is 413 g/mol. The van der Waals surface area contributed by atoms with Crippen LogP contribution in [0.3, 0.4) is 0 Å². The zero-order valence-corrected chi connectivity index (χ0v) is 16.9. The summed E-state index contributed by atoms with van der Waals surface area (Å²) in [5.41, 5.74) is 1.65. The Morgan fingerprint density at radius 2 is 1.34 bits per heavy atom. The van der Waals surface area contributed by atoms with E-state index in [9.17, 15) is 9.18 Å². The number of hydrogen-bond acceptors (Lipinski definition) is 3. The molecule has 6 heteroatoms. The molecule has 3 aromatic rings. The predicted molar refractivity (Wildman–Crippen MR) is 111 cm³/mol. The van der Waals surface area contributed by atoms with E-state index in [2.05, 4.69) is 0 Å². The zero-order chi connectivity index (χ0) is 20.8. The molecule has 0 saturated heterocycles. The molecule has 29 heavy (non-hydrogen) atoms. The van der Waals surface area contributed by atoms with Gasteiger partial charge in [-0.3, -0.25) is 4.79 Å². The molecule has 3 rings (SSSR count). The van der Waals surface area contributed by atoms with Crippen LogP contribution in [0.4, 0.5) is 4.39 Å². The number of nitrogens with zero attached hydrogens (tertiary/aromatic N) is 1. The van der Waals surface area contributed by atoms with Gasteiger partial charge in [0.1, 0.15) is 17.3 Å². The van der Waals surface area contributed by atoms with Gasteiger partial charge >= 0.3 is 0 Å². The van der Waals surface area contributed by atoms with Crippen LogP contribution in [0.2, 0.25) is 5.02 Å². The Hall–Kier alpha value is -3.05. The number of hydrogen-bond donors (Lipinski definition) is 0. The van der Waals surface area contributed by atoms with Crippen molar-refractivity contribution >= 4 is 17.5 Å². The first kappa shape index (κ1) is 20.7. The number of rotatable bonds is 7. The van der Waals surface area contributed by atoms with Crippen molar-refractivity contribution in [2.24, 2.45) is 0 Å². The maximum absolute atomic E-state index is 14.4. The molecular weight excluding hydrogens is 393 g/mol. The molecule has 0 aliphatic carbocycles. The Kier molecular flexibility index (Phi) is 6.73. The summed E-state index contributed by atoms with van der Waals surface area (Å²) in [4.78, 5) is 14.8. The quantitative estimate of drug-likeness (QED) is 0.525. The van der Waals surface area contributed by atoms with E-state index in [0.29, 0.717) is 13.1 Å². The van der Waals surface area contributed by atoms with E-state index < -0.39 is 11.7 Å². The maximum atomic E-state index is 14.4. The van der Waals surface area contributed by atoms with Gasteiger partial charge in [-0.1, -0.05) is 41.9 Å². The Bertz CT molecular complexity index is 905. The Labute approximate surface area is 174 Å². The highest BCUT2D eigenvalue weighted by Crippen LogP contribution is 2.24. The van der Waals surface area contributed by atoms with Crippen LogP contribution in [0.5, 0.6) is 11.5 Å². The maximum Gasteiger partial charge on any atom is 0.258 e. The van der Waals surface area contributed by atoms with Crippen LogP contribution < -0.4 is 9.47 Å². The molecular formula is C23H21ClFNO3. The van der Waals surface area contributed by atoms with Crippen LogP contribution in [0.15, 0.2) is 66.7 Å². The SMILES string of the molecule is COc1ccc(CN(Cc2ccc(OC)cc2)C(=O)c2c(F)cccc2Cl)cc1. The van der Waals surface area contributed by atoms with Gasteiger partial charge in [0.15, 0.2) is 0 Å². The fraction of sp³-hybridized carbons (Fsp3) is 0.174. The van der Waals surface area contributed by atoms with Crippen molar-refractivity contribution in [3.05, 3.63) is 94.3 Å². The minimum absolute atomic E-state index is 0.0875. The molecule has 0 atom stereocenters. The van der Waals surface area contributed by atoms with Crippen LogP contribution in [0.1, 0.15) is 21.5 Å². The van der Waals surface area contributed by atoms with Gasteiger partial charge in [0.05, 0.1) is 24.8 Å². The molecule has 0 saturated carbocycles. The van der Waals surface area contributed by atoms with Gasteiger partial charge in [0.25, 0.3) is 5.91 Å². The van der Waals surface area contributed by atoms with E-state index in [1.54, 1.807) is 19.1 Å². The molecule has 1 amide bonds. The summed E-state index contributed by atoms with van der Waals surface area (Å²) in [7, 11) is 3.18. The lowest BCUT2D eigenvalue weighted by Gasteiger charge is -2.24. The lowest BCUT2D eigenvalue weighted by molar-refractivity contribution is 0.0725. The summed E-state index contributed by atoms with van der Waals surface area (Å²) < 4.78 is 24.7. The largest absolute Gasteiger partial charge is 0.497 e. The Morgan fingerprint density at radius 1 is 0.862 bits per heavy atom. The summed E-state index contributed by atoms with van der Waals surface area (Å²) in [6.07, 6.45) is 0. The molecule has 0 N–H and O–H groups in total. The molecule has 0 aromatic heterocycles. The predicted octanol–water partition coefficient (Wildman–Crippen LogP) is 5.34. The van der Waals surface area contributed by atoms with E-state index in [4.69, 9.17) is 21.1 Å². The topological polar surface area (TPSA) is 38.8 Å². The molecule has 3 aromatic carbocycles. The van der Waals surface area contributed by atoms with E-state index >= 15 is 0 Å². The van der Waals surface area contributed by atoms with Crippen LogP contribution in [0, 0.1) is 5.82 Å². The smallest absolute Gasteiger partial charge is 0.258 e. The van der Waals surface area contributed by atoms with E-state index in [1.807, 2.05) is 48.5 Å². The van der Waals surface area contributed by atoms with E-state index in [-0.39, 0.29) is 10.6 Å². The van der Waals surface area contributed by atoms with E-state index in [0.717, 1.165) is 22.6 Å². The Balaban J connectivity index is 1.91. The van der Waals surface area contributed by atoms with Crippen LogP contribution in [0.25, 0.3) is 0 Å². The summed E-state index contributed by atoms with van der Waals surface area (Å²) >= 11 is 6.13. The van der Waals surface area contributed by atoms with E-state index in [1.165, 1.54) is 18.2 Å². The third-order valence-corrected chi connectivity index (χ3v) is 4.84. The summed E-state index contributed by atoms with van der Waals surface area (Å²) in [6, 6.07) is 19.0. The molecule has 150 valence electrons. The van der Waals surface area contributed by atoms with Gasteiger partial charge in [-0.25, -0.2) is 4.39 Å². The molecule has 0 bridgehead atoms. The first-order valence-electron chi connectivity index (χ1n) is 9.01. The molecule has 0 aliphatic heterocycles. The molecule has 0 aliphatic rings. The fourth-order valence-corrected chi connectivity index (χ4v) is 3.21. The van der Waals surface area contributed by atoms with Gasteiger partial charge < -0.3 is 14.4 Å². The summed E-state index contributed by atoms with van der Waals surface area (Å²) in [5, 5.41) is 0.0875. The molecule has 0 unspecified atom stereocenters. The second-order valence-electron chi connectivity index (χ2n) is 6.45. The number of benzene rings is 3.